The second-order valence-electron chi connectivity index (χ2n) is 4.48. The Labute approximate surface area is 98.9 Å². The van der Waals surface area contributed by atoms with Crippen LogP contribution in [-0.4, -0.2) is 27.5 Å². The van der Waals surface area contributed by atoms with Crippen molar-refractivity contribution >= 4 is 23.5 Å². The molecule has 3 unspecified atom stereocenters. The summed E-state index contributed by atoms with van der Waals surface area (Å²) < 4.78 is 0. The summed E-state index contributed by atoms with van der Waals surface area (Å²) in [6.45, 7) is 3.22. The maximum Gasteiger partial charge on any atom is 0.313 e. The van der Waals surface area contributed by atoms with Crippen LogP contribution >= 0.6 is 11.6 Å². The largest absolute Gasteiger partial charge is 0.481 e. The van der Waals surface area contributed by atoms with Gasteiger partial charge in [0, 0.05) is 0 Å². The average molecular weight is 247 g/mol. The number of carboxylic acids is 2. The lowest BCUT2D eigenvalue weighted by Crippen LogP contribution is -2.46. The van der Waals surface area contributed by atoms with Crippen molar-refractivity contribution in [2.24, 2.45) is 10.8 Å². The summed E-state index contributed by atoms with van der Waals surface area (Å²) in [5.74, 6) is -2.06. The lowest BCUT2D eigenvalue weighted by Gasteiger charge is -2.40. The zero-order valence-corrected chi connectivity index (χ0v) is 9.99. The molecule has 1 aliphatic rings. The monoisotopic (exact) mass is 246 g/mol. The summed E-state index contributed by atoms with van der Waals surface area (Å²) in [5.41, 5.74) is -2.34. The Balaban J connectivity index is 3.19. The molecule has 5 heteroatoms. The molecule has 0 saturated carbocycles. The van der Waals surface area contributed by atoms with Gasteiger partial charge in [-0.15, -0.1) is 11.6 Å². The Morgan fingerprint density at radius 2 is 2.00 bits per heavy atom. The molecule has 0 amide bonds. The number of alkyl halides is 1. The zero-order valence-electron chi connectivity index (χ0n) is 9.24. The van der Waals surface area contributed by atoms with E-state index in [9.17, 15) is 14.7 Å². The van der Waals surface area contributed by atoms with Crippen LogP contribution in [0.5, 0.6) is 0 Å². The maximum absolute atomic E-state index is 11.2. The molecule has 2 N–H and O–H groups in total. The van der Waals surface area contributed by atoms with E-state index in [1.54, 1.807) is 6.92 Å². The highest BCUT2D eigenvalue weighted by Gasteiger charge is 2.51. The highest BCUT2D eigenvalue weighted by Crippen LogP contribution is 2.46. The van der Waals surface area contributed by atoms with Crippen molar-refractivity contribution in [1.82, 2.24) is 0 Å². The summed E-state index contributed by atoms with van der Waals surface area (Å²) in [6.07, 6.45) is 3.38. The van der Waals surface area contributed by atoms with Crippen molar-refractivity contribution < 1.29 is 19.8 Å². The molecule has 1 aliphatic carbocycles. The lowest BCUT2D eigenvalue weighted by molar-refractivity contribution is -0.155. The van der Waals surface area contributed by atoms with Crippen LogP contribution < -0.4 is 0 Å². The van der Waals surface area contributed by atoms with Crippen molar-refractivity contribution in [3.05, 3.63) is 12.2 Å². The Morgan fingerprint density at radius 3 is 2.38 bits per heavy atom. The van der Waals surface area contributed by atoms with Gasteiger partial charge in [-0.3, -0.25) is 9.59 Å². The van der Waals surface area contributed by atoms with Gasteiger partial charge in [0.15, 0.2) is 0 Å². The first-order valence-corrected chi connectivity index (χ1v) is 5.52. The van der Waals surface area contributed by atoms with E-state index in [4.69, 9.17) is 16.7 Å². The van der Waals surface area contributed by atoms with Gasteiger partial charge in [-0.2, -0.15) is 0 Å². The van der Waals surface area contributed by atoms with Crippen molar-refractivity contribution in [3.63, 3.8) is 0 Å². The Morgan fingerprint density at radius 1 is 1.44 bits per heavy atom. The number of rotatable bonds is 3. The third-order valence-corrected chi connectivity index (χ3v) is 4.05. The van der Waals surface area contributed by atoms with Crippen molar-refractivity contribution in [2.45, 2.75) is 32.1 Å². The highest BCUT2D eigenvalue weighted by atomic mass is 35.5. The van der Waals surface area contributed by atoms with E-state index >= 15 is 0 Å². The molecule has 3 atom stereocenters. The van der Waals surface area contributed by atoms with E-state index in [0.29, 0.717) is 6.42 Å². The van der Waals surface area contributed by atoms with Crippen LogP contribution in [-0.2, 0) is 9.59 Å². The first-order chi connectivity index (χ1) is 7.28. The second-order valence-corrected chi connectivity index (χ2v) is 4.95. The number of carbonyl (C=O) groups is 2. The third-order valence-electron chi connectivity index (χ3n) is 3.42. The molecular formula is C11H15ClO4. The van der Waals surface area contributed by atoms with Crippen LogP contribution in [0.3, 0.4) is 0 Å². The fourth-order valence-electron chi connectivity index (χ4n) is 2.03. The van der Waals surface area contributed by atoms with Gasteiger partial charge >= 0.3 is 11.9 Å². The van der Waals surface area contributed by atoms with Gasteiger partial charge in [-0.25, -0.2) is 0 Å². The minimum absolute atomic E-state index is 0.0197. The standard InChI is InChI=1S/C11H15ClO4/c1-3-11(9(15)16)5-4-7(12)10(2,6-11)8(13)14/h4-5,7H,3,6H2,1-2H3,(H,13,14)(H,15,16). The van der Waals surface area contributed by atoms with Gasteiger partial charge in [-0.1, -0.05) is 19.1 Å². The van der Waals surface area contributed by atoms with Crippen LogP contribution in [0.25, 0.3) is 0 Å². The molecule has 0 fully saturated rings. The van der Waals surface area contributed by atoms with E-state index in [0.717, 1.165) is 0 Å². The van der Waals surface area contributed by atoms with E-state index in [-0.39, 0.29) is 6.42 Å². The predicted molar refractivity (Wildman–Crippen MR) is 59.5 cm³/mol. The Kier molecular flexibility index (Phi) is 3.33. The topological polar surface area (TPSA) is 74.6 Å². The van der Waals surface area contributed by atoms with Gasteiger partial charge in [0.2, 0.25) is 0 Å². The molecule has 0 aromatic heterocycles. The lowest BCUT2D eigenvalue weighted by atomic mass is 9.65. The number of hydrogen-bond acceptors (Lipinski definition) is 2. The number of hydrogen-bond donors (Lipinski definition) is 2. The Hall–Kier alpha value is -1.03. The van der Waals surface area contributed by atoms with Gasteiger partial charge in [0.1, 0.15) is 0 Å². The molecular weight excluding hydrogens is 232 g/mol. The van der Waals surface area contributed by atoms with Crippen LogP contribution in [0.4, 0.5) is 0 Å². The number of halogens is 1. The summed E-state index contributed by atoms with van der Waals surface area (Å²) in [4.78, 5) is 22.4. The third kappa shape index (κ3) is 1.82. The van der Waals surface area contributed by atoms with E-state index < -0.39 is 28.1 Å². The molecule has 0 aromatic rings. The summed E-state index contributed by atoms with van der Waals surface area (Å²) in [7, 11) is 0. The molecule has 0 saturated heterocycles. The molecule has 0 aliphatic heterocycles. The number of allylic oxidation sites excluding steroid dienone is 1. The van der Waals surface area contributed by atoms with Crippen LogP contribution in [0, 0.1) is 10.8 Å². The smallest absolute Gasteiger partial charge is 0.313 e. The molecule has 1 rings (SSSR count). The van der Waals surface area contributed by atoms with Crippen molar-refractivity contribution in [1.29, 1.82) is 0 Å². The number of carboxylic acid groups (broad SMARTS) is 2. The molecule has 0 radical (unpaired) electrons. The molecule has 0 aromatic carbocycles. The fourth-order valence-corrected chi connectivity index (χ4v) is 2.27. The van der Waals surface area contributed by atoms with E-state index in [1.807, 2.05) is 0 Å². The fraction of sp³-hybridized carbons (Fsp3) is 0.636. The zero-order chi connectivity index (χ0) is 12.6. The van der Waals surface area contributed by atoms with Gasteiger partial charge in [-0.05, 0) is 19.8 Å². The van der Waals surface area contributed by atoms with Crippen LogP contribution in [0.1, 0.15) is 26.7 Å². The van der Waals surface area contributed by atoms with E-state index in [1.165, 1.54) is 19.1 Å². The average Bonchev–Trinajstić information content (AvgIpc) is 2.22. The number of aliphatic carboxylic acids is 2. The van der Waals surface area contributed by atoms with Gasteiger partial charge in [0.25, 0.3) is 0 Å². The molecule has 4 nitrogen and oxygen atoms in total. The van der Waals surface area contributed by atoms with Crippen LogP contribution in [0.15, 0.2) is 12.2 Å². The molecule has 0 bridgehead atoms. The normalized spacial score (nSPS) is 38.3. The highest BCUT2D eigenvalue weighted by molar-refractivity contribution is 6.24. The quantitative estimate of drug-likeness (QED) is 0.591. The summed E-state index contributed by atoms with van der Waals surface area (Å²) in [6, 6.07) is 0. The minimum atomic E-state index is -1.23. The molecule has 16 heavy (non-hydrogen) atoms. The molecule has 0 heterocycles. The SMILES string of the molecule is CCC1(C(=O)O)C=CC(Cl)C(C)(C(=O)O)C1. The molecule has 90 valence electrons. The van der Waals surface area contributed by atoms with Gasteiger partial charge in [0.05, 0.1) is 16.2 Å². The van der Waals surface area contributed by atoms with Gasteiger partial charge < -0.3 is 10.2 Å². The molecule has 0 spiro atoms. The first kappa shape index (κ1) is 13.0. The van der Waals surface area contributed by atoms with Crippen molar-refractivity contribution in [2.75, 3.05) is 0 Å². The van der Waals surface area contributed by atoms with Crippen molar-refractivity contribution in [3.8, 4) is 0 Å². The first-order valence-electron chi connectivity index (χ1n) is 5.09. The Bertz CT molecular complexity index is 352. The summed E-state index contributed by atoms with van der Waals surface area (Å²) >= 11 is 5.95. The maximum atomic E-state index is 11.2. The van der Waals surface area contributed by atoms with Crippen LogP contribution in [0.2, 0.25) is 0 Å². The predicted octanol–water partition coefficient (Wildman–Crippen LogP) is 2.13. The second kappa shape index (κ2) is 4.09. The summed E-state index contributed by atoms with van der Waals surface area (Å²) in [5, 5.41) is 17.7. The van der Waals surface area contributed by atoms with E-state index in [2.05, 4.69) is 0 Å². The minimum Gasteiger partial charge on any atom is -0.481 e.